The summed E-state index contributed by atoms with van der Waals surface area (Å²) < 4.78 is 30.7. The van der Waals surface area contributed by atoms with Crippen molar-refractivity contribution < 1.29 is 23.4 Å². The first-order chi connectivity index (χ1) is 19.4. The predicted molar refractivity (Wildman–Crippen MR) is 147 cm³/mol. The number of ether oxygens (including phenoxy) is 3. The normalized spacial score (nSPS) is 14.6. The number of carbonyl (C=O) groups is 1. The molecule has 0 radical (unpaired) electrons. The van der Waals surface area contributed by atoms with E-state index in [0.29, 0.717) is 40.6 Å². The van der Waals surface area contributed by atoms with Gasteiger partial charge in [-0.1, -0.05) is 12.1 Å². The van der Waals surface area contributed by atoms with Crippen molar-refractivity contribution >= 4 is 11.6 Å². The first-order valence-corrected chi connectivity index (χ1v) is 12.5. The Hall–Kier alpha value is -4.99. The summed E-state index contributed by atoms with van der Waals surface area (Å²) in [4.78, 5) is 26.3. The third-order valence-corrected chi connectivity index (χ3v) is 6.67. The molecule has 5 rings (SSSR count). The van der Waals surface area contributed by atoms with E-state index in [1.807, 2.05) is 24.3 Å². The zero-order valence-electron chi connectivity index (χ0n) is 22.2. The van der Waals surface area contributed by atoms with Crippen molar-refractivity contribution in [2.45, 2.75) is 19.0 Å². The molecule has 4 aromatic rings. The third kappa shape index (κ3) is 5.42. The minimum Gasteiger partial charge on any atom is -0.497 e. The van der Waals surface area contributed by atoms with Gasteiger partial charge in [0.2, 0.25) is 0 Å². The number of hydrogen-bond donors (Lipinski definition) is 0. The van der Waals surface area contributed by atoms with E-state index in [-0.39, 0.29) is 12.4 Å². The van der Waals surface area contributed by atoms with Gasteiger partial charge in [0.05, 0.1) is 38.8 Å². The minimum absolute atomic E-state index is 0.336. The van der Waals surface area contributed by atoms with Crippen LogP contribution >= 0.6 is 0 Å². The molecule has 204 valence electrons. The lowest BCUT2D eigenvalue weighted by atomic mass is 9.98. The fraction of sp³-hybridized carbons (Fsp3) is 0.200. The molecular formula is C30H27FN4O5. The highest BCUT2D eigenvalue weighted by Crippen LogP contribution is 2.34. The standard InChI is InChI=1S/C30H27FN4O5/c1-38-23-11-6-19(7-12-23)25-17-26(20-4-9-22(31)10-5-20)35(33-25)30(37)18-34-29(36)15-13-24(32-34)21-8-14-27(39-2)28(16-21)40-3/h4-16,26H,17-18H2,1-3H3. The number of methoxy groups -OCH3 is 3. The van der Waals surface area contributed by atoms with Gasteiger partial charge in [0.25, 0.3) is 11.5 Å². The molecule has 1 aliphatic rings. The summed E-state index contributed by atoms with van der Waals surface area (Å²) in [5.41, 5.74) is 2.96. The molecule has 1 atom stereocenters. The maximum atomic E-state index is 13.7. The molecule has 0 aliphatic carbocycles. The Labute approximate surface area is 230 Å². The molecule has 0 N–H and O–H groups in total. The van der Waals surface area contributed by atoms with Crippen molar-refractivity contribution in [1.29, 1.82) is 0 Å². The molecule has 0 fully saturated rings. The fourth-order valence-corrected chi connectivity index (χ4v) is 4.56. The average molecular weight is 543 g/mol. The molecule has 40 heavy (non-hydrogen) atoms. The van der Waals surface area contributed by atoms with Crippen LogP contribution in [0.4, 0.5) is 4.39 Å². The second-order valence-electron chi connectivity index (χ2n) is 9.07. The maximum Gasteiger partial charge on any atom is 0.267 e. The Kier molecular flexibility index (Phi) is 7.59. The van der Waals surface area contributed by atoms with Gasteiger partial charge in [-0.15, -0.1) is 0 Å². The van der Waals surface area contributed by atoms with Crippen LogP contribution in [0, 0.1) is 5.82 Å². The van der Waals surface area contributed by atoms with Gasteiger partial charge in [-0.2, -0.15) is 10.2 Å². The number of halogens is 1. The summed E-state index contributed by atoms with van der Waals surface area (Å²) in [6, 6.07) is 21.1. The minimum atomic E-state index is -0.477. The molecule has 1 aliphatic heterocycles. The van der Waals surface area contributed by atoms with E-state index in [0.717, 1.165) is 15.8 Å². The maximum absolute atomic E-state index is 13.7. The quantitative estimate of drug-likeness (QED) is 0.327. The molecule has 0 saturated heterocycles. The summed E-state index contributed by atoms with van der Waals surface area (Å²) >= 11 is 0. The Morgan fingerprint density at radius 3 is 2.25 bits per heavy atom. The van der Waals surface area contributed by atoms with E-state index >= 15 is 0 Å². The lowest BCUT2D eigenvalue weighted by Gasteiger charge is -2.22. The predicted octanol–water partition coefficient (Wildman–Crippen LogP) is 4.45. The number of hydrogen-bond acceptors (Lipinski definition) is 7. The lowest BCUT2D eigenvalue weighted by molar-refractivity contribution is -0.133. The highest BCUT2D eigenvalue weighted by molar-refractivity contribution is 6.03. The number of hydrazone groups is 1. The van der Waals surface area contributed by atoms with Crippen LogP contribution in [0.25, 0.3) is 11.3 Å². The van der Waals surface area contributed by atoms with Crippen LogP contribution in [0.3, 0.4) is 0 Å². The fourth-order valence-electron chi connectivity index (χ4n) is 4.56. The SMILES string of the molecule is COc1ccc(C2=NN(C(=O)Cn3nc(-c4ccc(OC)c(OC)c4)ccc3=O)C(c3ccc(F)cc3)C2)cc1. The number of benzene rings is 3. The number of aromatic nitrogens is 2. The lowest BCUT2D eigenvalue weighted by Crippen LogP contribution is -2.34. The van der Waals surface area contributed by atoms with Crippen LogP contribution in [0.15, 0.2) is 88.8 Å². The van der Waals surface area contributed by atoms with Gasteiger partial charge >= 0.3 is 0 Å². The topological polar surface area (TPSA) is 95.2 Å². The molecule has 10 heteroatoms. The Balaban J connectivity index is 1.46. The molecule has 2 heterocycles. The van der Waals surface area contributed by atoms with Crippen LogP contribution in [0.5, 0.6) is 17.2 Å². The first-order valence-electron chi connectivity index (χ1n) is 12.5. The summed E-state index contributed by atoms with van der Waals surface area (Å²) in [5, 5.41) is 10.4. The highest BCUT2D eigenvalue weighted by atomic mass is 19.1. The van der Waals surface area contributed by atoms with Crippen molar-refractivity contribution in [2.75, 3.05) is 21.3 Å². The van der Waals surface area contributed by atoms with Gasteiger partial charge in [-0.25, -0.2) is 14.1 Å². The molecule has 0 bridgehead atoms. The Morgan fingerprint density at radius 1 is 0.875 bits per heavy atom. The second kappa shape index (κ2) is 11.4. The van der Waals surface area contributed by atoms with Gasteiger partial charge in [0.15, 0.2) is 11.5 Å². The summed E-state index contributed by atoms with van der Waals surface area (Å²) in [6.07, 6.45) is 0.414. The second-order valence-corrected chi connectivity index (χ2v) is 9.07. The number of carbonyl (C=O) groups excluding carboxylic acids is 1. The summed E-state index contributed by atoms with van der Waals surface area (Å²) in [6.45, 7) is -0.336. The van der Waals surface area contributed by atoms with Crippen molar-refractivity contribution in [2.24, 2.45) is 5.10 Å². The van der Waals surface area contributed by atoms with Gasteiger partial charge in [0, 0.05) is 18.1 Å². The van der Waals surface area contributed by atoms with Crippen LogP contribution in [-0.4, -0.2) is 47.7 Å². The van der Waals surface area contributed by atoms with E-state index in [4.69, 9.17) is 14.2 Å². The molecule has 0 saturated carbocycles. The third-order valence-electron chi connectivity index (χ3n) is 6.67. The van der Waals surface area contributed by atoms with Crippen molar-refractivity contribution in [3.63, 3.8) is 0 Å². The average Bonchev–Trinajstić information content (AvgIpc) is 3.44. The first kappa shape index (κ1) is 26.6. The molecule has 9 nitrogen and oxygen atoms in total. The van der Waals surface area contributed by atoms with Gasteiger partial charge < -0.3 is 14.2 Å². The van der Waals surface area contributed by atoms with E-state index in [1.165, 1.54) is 30.3 Å². The van der Waals surface area contributed by atoms with E-state index < -0.39 is 17.5 Å². The van der Waals surface area contributed by atoms with Crippen molar-refractivity contribution in [3.05, 3.63) is 106 Å². The molecule has 3 aromatic carbocycles. The van der Waals surface area contributed by atoms with Gasteiger partial charge in [-0.05, 0) is 71.8 Å². The monoisotopic (exact) mass is 542 g/mol. The molecule has 0 spiro atoms. The highest BCUT2D eigenvalue weighted by Gasteiger charge is 2.33. The molecular weight excluding hydrogens is 515 g/mol. The van der Waals surface area contributed by atoms with E-state index in [1.54, 1.807) is 50.6 Å². The van der Waals surface area contributed by atoms with Crippen molar-refractivity contribution in [3.8, 4) is 28.5 Å². The van der Waals surface area contributed by atoms with Crippen LogP contribution in [0.2, 0.25) is 0 Å². The molecule has 1 unspecified atom stereocenters. The summed E-state index contributed by atoms with van der Waals surface area (Å²) in [7, 11) is 4.66. The molecule has 1 aromatic heterocycles. The number of rotatable bonds is 8. The summed E-state index contributed by atoms with van der Waals surface area (Å²) in [5.74, 6) is 0.956. The van der Waals surface area contributed by atoms with Crippen molar-refractivity contribution in [1.82, 2.24) is 14.8 Å². The van der Waals surface area contributed by atoms with E-state index in [2.05, 4.69) is 10.2 Å². The zero-order chi connectivity index (χ0) is 28.2. The zero-order valence-corrected chi connectivity index (χ0v) is 22.2. The number of nitrogens with zero attached hydrogens (tertiary/aromatic N) is 4. The smallest absolute Gasteiger partial charge is 0.267 e. The van der Waals surface area contributed by atoms with Gasteiger partial charge in [-0.3, -0.25) is 9.59 Å². The number of amides is 1. The van der Waals surface area contributed by atoms with E-state index in [9.17, 15) is 14.0 Å². The molecule has 1 amide bonds. The Bertz CT molecular complexity index is 1620. The van der Waals surface area contributed by atoms with Crippen LogP contribution < -0.4 is 19.8 Å². The largest absolute Gasteiger partial charge is 0.497 e. The Morgan fingerprint density at radius 2 is 1.57 bits per heavy atom. The van der Waals surface area contributed by atoms with Crippen LogP contribution in [-0.2, 0) is 11.3 Å². The van der Waals surface area contributed by atoms with Crippen LogP contribution in [0.1, 0.15) is 23.6 Å². The van der Waals surface area contributed by atoms with Gasteiger partial charge in [0.1, 0.15) is 18.1 Å².